The second-order valence-electron chi connectivity index (χ2n) is 5.14. The van der Waals surface area contributed by atoms with Crippen LogP contribution >= 0.6 is 0 Å². The van der Waals surface area contributed by atoms with Crippen molar-refractivity contribution in [2.75, 3.05) is 46.2 Å². The van der Waals surface area contributed by atoms with Gasteiger partial charge in [0.2, 0.25) is 10.0 Å². The molecule has 0 bridgehead atoms. The lowest BCUT2D eigenvalue weighted by Crippen LogP contribution is -2.32. The van der Waals surface area contributed by atoms with Crippen LogP contribution in [0.1, 0.15) is 26.2 Å². The van der Waals surface area contributed by atoms with Gasteiger partial charge in [-0.1, -0.05) is 6.92 Å². The summed E-state index contributed by atoms with van der Waals surface area (Å²) < 4.78 is 36.5. The van der Waals surface area contributed by atoms with Gasteiger partial charge in [-0.15, -0.1) is 0 Å². The number of unbranched alkanes of at least 4 members (excludes halogenated alkanes) is 1. The SMILES string of the molecule is CCCNCCCCS(=O)(=O)N1CC(OC)C(OC)C1. The topological polar surface area (TPSA) is 67.9 Å². The Bertz CT molecular complexity index is 349. The van der Waals surface area contributed by atoms with E-state index in [1.165, 1.54) is 4.31 Å². The third-order valence-corrected chi connectivity index (χ3v) is 5.50. The van der Waals surface area contributed by atoms with Crippen LogP contribution in [0.25, 0.3) is 0 Å². The number of ether oxygens (including phenoxy) is 2. The molecule has 2 atom stereocenters. The molecule has 7 heteroatoms. The summed E-state index contributed by atoms with van der Waals surface area (Å²) in [7, 11) is -0.0142. The maximum absolute atomic E-state index is 12.2. The smallest absolute Gasteiger partial charge is 0.214 e. The van der Waals surface area contributed by atoms with Crippen molar-refractivity contribution >= 4 is 10.0 Å². The van der Waals surface area contributed by atoms with Crippen molar-refractivity contribution in [2.45, 2.75) is 38.4 Å². The molecule has 0 saturated carbocycles. The Morgan fingerprint density at radius 1 is 1.10 bits per heavy atom. The molecule has 1 aliphatic heterocycles. The monoisotopic (exact) mass is 308 g/mol. The molecule has 1 rings (SSSR count). The number of hydrogen-bond donors (Lipinski definition) is 1. The van der Waals surface area contributed by atoms with Crippen LogP contribution in [0, 0.1) is 0 Å². The van der Waals surface area contributed by atoms with Crippen molar-refractivity contribution in [3.63, 3.8) is 0 Å². The van der Waals surface area contributed by atoms with Gasteiger partial charge in [0.1, 0.15) is 0 Å². The predicted molar refractivity (Wildman–Crippen MR) is 79.3 cm³/mol. The lowest BCUT2D eigenvalue weighted by atomic mass is 10.3. The van der Waals surface area contributed by atoms with Gasteiger partial charge in [-0.05, 0) is 32.4 Å². The number of methoxy groups -OCH3 is 2. The first kappa shape index (κ1) is 17.8. The molecule has 1 fully saturated rings. The minimum Gasteiger partial charge on any atom is -0.377 e. The molecule has 0 amide bonds. The van der Waals surface area contributed by atoms with Crippen LogP contribution in [0.15, 0.2) is 0 Å². The molecule has 1 aliphatic rings. The molecule has 1 saturated heterocycles. The molecule has 2 unspecified atom stereocenters. The second-order valence-corrected chi connectivity index (χ2v) is 7.23. The zero-order chi connectivity index (χ0) is 15.0. The third kappa shape index (κ3) is 5.29. The first-order valence-electron chi connectivity index (χ1n) is 7.29. The summed E-state index contributed by atoms with van der Waals surface area (Å²) in [5.74, 6) is 0.202. The normalized spacial score (nSPS) is 24.4. The molecule has 0 radical (unpaired) electrons. The van der Waals surface area contributed by atoms with Crippen molar-refractivity contribution < 1.29 is 17.9 Å². The lowest BCUT2D eigenvalue weighted by molar-refractivity contribution is -0.00461. The van der Waals surface area contributed by atoms with E-state index in [1.807, 2.05) is 0 Å². The summed E-state index contributed by atoms with van der Waals surface area (Å²) in [5.41, 5.74) is 0. The number of hydrogen-bond acceptors (Lipinski definition) is 5. The fourth-order valence-corrected chi connectivity index (χ4v) is 3.93. The number of rotatable bonds is 10. The molecular weight excluding hydrogens is 280 g/mol. The Morgan fingerprint density at radius 3 is 2.20 bits per heavy atom. The summed E-state index contributed by atoms with van der Waals surface area (Å²) in [5, 5.41) is 3.27. The van der Waals surface area contributed by atoms with E-state index in [4.69, 9.17) is 9.47 Å². The summed E-state index contributed by atoms with van der Waals surface area (Å²) >= 11 is 0. The minimum atomic E-state index is -3.19. The highest BCUT2D eigenvalue weighted by atomic mass is 32.2. The van der Waals surface area contributed by atoms with Gasteiger partial charge in [0, 0.05) is 27.3 Å². The Balaban J connectivity index is 2.34. The molecule has 6 nitrogen and oxygen atoms in total. The molecule has 0 aromatic heterocycles. The van der Waals surface area contributed by atoms with Gasteiger partial charge in [0.25, 0.3) is 0 Å². The van der Waals surface area contributed by atoms with Crippen LogP contribution < -0.4 is 5.32 Å². The maximum atomic E-state index is 12.2. The van der Waals surface area contributed by atoms with E-state index in [1.54, 1.807) is 14.2 Å². The van der Waals surface area contributed by atoms with Gasteiger partial charge >= 0.3 is 0 Å². The van der Waals surface area contributed by atoms with Gasteiger partial charge in [0.15, 0.2) is 0 Å². The van der Waals surface area contributed by atoms with Crippen molar-refractivity contribution in [1.82, 2.24) is 9.62 Å². The Hall–Kier alpha value is -0.210. The van der Waals surface area contributed by atoms with E-state index in [9.17, 15) is 8.42 Å². The van der Waals surface area contributed by atoms with Crippen molar-refractivity contribution in [1.29, 1.82) is 0 Å². The highest BCUT2D eigenvalue weighted by molar-refractivity contribution is 7.89. The fourth-order valence-electron chi connectivity index (χ4n) is 2.36. The van der Waals surface area contributed by atoms with Crippen LogP contribution in [0.3, 0.4) is 0 Å². The minimum absolute atomic E-state index is 0.166. The highest BCUT2D eigenvalue weighted by Crippen LogP contribution is 2.19. The van der Waals surface area contributed by atoms with Crippen LogP contribution in [-0.2, 0) is 19.5 Å². The molecule has 20 heavy (non-hydrogen) atoms. The van der Waals surface area contributed by atoms with Crippen molar-refractivity contribution in [3.8, 4) is 0 Å². The quantitative estimate of drug-likeness (QED) is 0.593. The Morgan fingerprint density at radius 2 is 1.70 bits per heavy atom. The molecule has 120 valence electrons. The number of nitrogens with one attached hydrogen (secondary N) is 1. The molecule has 0 aliphatic carbocycles. The molecule has 1 heterocycles. The highest BCUT2D eigenvalue weighted by Gasteiger charge is 2.38. The molecule has 0 spiro atoms. The molecule has 0 aromatic carbocycles. The maximum Gasteiger partial charge on any atom is 0.214 e. The molecule has 1 N–H and O–H groups in total. The average Bonchev–Trinajstić information content (AvgIpc) is 2.86. The standard InChI is InChI=1S/C13H28N2O4S/c1-4-7-14-8-5-6-9-20(16,17)15-10-12(18-2)13(11-15)19-3/h12-14H,4-11H2,1-3H3. The number of sulfonamides is 1. The summed E-state index contributed by atoms with van der Waals surface area (Å²) in [4.78, 5) is 0. The lowest BCUT2D eigenvalue weighted by Gasteiger charge is -2.15. The summed E-state index contributed by atoms with van der Waals surface area (Å²) in [6.07, 6.45) is 2.34. The van der Waals surface area contributed by atoms with E-state index in [0.29, 0.717) is 19.5 Å². The second kappa shape index (κ2) is 8.94. The van der Waals surface area contributed by atoms with Crippen LogP contribution in [0.2, 0.25) is 0 Å². The van der Waals surface area contributed by atoms with E-state index in [-0.39, 0.29) is 18.0 Å². The van der Waals surface area contributed by atoms with Gasteiger partial charge in [-0.25, -0.2) is 8.42 Å². The van der Waals surface area contributed by atoms with Crippen LogP contribution in [0.5, 0.6) is 0 Å². The summed E-state index contributed by atoms with van der Waals surface area (Å²) in [6, 6.07) is 0. The largest absolute Gasteiger partial charge is 0.377 e. The van der Waals surface area contributed by atoms with Crippen LogP contribution in [-0.4, -0.2) is 71.1 Å². The number of nitrogens with zero attached hydrogens (tertiary/aromatic N) is 1. The van der Waals surface area contributed by atoms with E-state index in [0.717, 1.165) is 25.9 Å². The van der Waals surface area contributed by atoms with E-state index < -0.39 is 10.0 Å². The van der Waals surface area contributed by atoms with E-state index in [2.05, 4.69) is 12.2 Å². The van der Waals surface area contributed by atoms with Gasteiger partial charge < -0.3 is 14.8 Å². The average molecular weight is 308 g/mol. The zero-order valence-electron chi connectivity index (χ0n) is 12.8. The van der Waals surface area contributed by atoms with Crippen molar-refractivity contribution in [3.05, 3.63) is 0 Å². The summed E-state index contributed by atoms with van der Waals surface area (Å²) in [6.45, 7) is 4.77. The predicted octanol–water partition coefficient (Wildman–Crippen LogP) is 0.442. The van der Waals surface area contributed by atoms with Gasteiger partial charge in [0.05, 0.1) is 18.0 Å². The van der Waals surface area contributed by atoms with Crippen LogP contribution in [0.4, 0.5) is 0 Å². The van der Waals surface area contributed by atoms with Gasteiger partial charge in [-0.2, -0.15) is 4.31 Å². The Labute approximate surface area is 122 Å². The fraction of sp³-hybridized carbons (Fsp3) is 1.00. The first-order chi connectivity index (χ1) is 9.55. The van der Waals surface area contributed by atoms with E-state index >= 15 is 0 Å². The third-order valence-electron chi connectivity index (χ3n) is 3.61. The molecule has 0 aromatic rings. The van der Waals surface area contributed by atoms with Crippen molar-refractivity contribution in [2.24, 2.45) is 0 Å². The van der Waals surface area contributed by atoms with Gasteiger partial charge in [-0.3, -0.25) is 0 Å². The first-order valence-corrected chi connectivity index (χ1v) is 8.90. The molecular formula is C13H28N2O4S. The Kier molecular flexibility index (Phi) is 7.98. The zero-order valence-corrected chi connectivity index (χ0v) is 13.6.